The summed E-state index contributed by atoms with van der Waals surface area (Å²) in [6, 6.07) is 7.47. The lowest BCUT2D eigenvalue weighted by Gasteiger charge is -2.22. The first-order valence-electron chi connectivity index (χ1n) is 14.2. The van der Waals surface area contributed by atoms with Gasteiger partial charge >= 0.3 is 0 Å². The fourth-order valence-electron chi connectivity index (χ4n) is 5.42. The molecule has 12 nitrogen and oxygen atoms in total. The number of nitrogens with one attached hydrogen (secondary N) is 1. The second kappa shape index (κ2) is 12.0. The van der Waals surface area contributed by atoms with E-state index in [2.05, 4.69) is 30.7 Å². The largest absolute Gasteiger partial charge is 0.476 e. The van der Waals surface area contributed by atoms with Crippen LogP contribution >= 0.6 is 11.6 Å². The van der Waals surface area contributed by atoms with Gasteiger partial charge in [-0.3, -0.25) is 23.8 Å². The first-order valence-corrected chi connectivity index (χ1v) is 14.5. The SMILES string of the molecule is CCOc1cn(-c2ccc(Cl)c(F)c2-c2cc(=O)n(C3CCCC(C)C(=O)Nc4cnn(C)c4-c4ccnc3c4)cn2)nn1. The van der Waals surface area contributed by atoms with Gasteiger partial charge in [0.05, 0.1) is 70.4 Å². The summed E-state index contributed by atoms with van der Waals surface area (Å²) in [6.45, 7) is 4.07. The van der Waals surface area contributed by atoms with E-state index in [4.69, 9.17) is 16.3 Å². The maximum atomic E-state index is 15.5. The highest BCUT2D eigenvalue weighted by atomic mass is 35.5. The third kappa shape index (κ3) is 5.46. The lowest BCUT2D eigenvalue weighted by molar-refractivity contribution is -0.119. The van der Waals surface area contributed by atoms with Crippen molar-refractivity contribution in [3.05, 3.63) is 82.1 Å². The number of nitrogens with zero attached hydrogens (tertiary/aromatic N) is 8. The van der Waals surface area contributed by atoms with Crippen molar-refractivity contribution in [2.45, 2.75) is 39.2 Å². The minimum Gasteiger partial charge on any atom is -0.476 e. The molecule has 14 heteroatoms. The van der Waals surface area contributed by atoms with Crippen LogP contribution in [0.5, 0.6) is 5.88 Å². The predicted molar refractivity (Wildman–Crippen MR) is 161 cm³/mol. The Kier molecular flexibility index (Phi) is 7.95. The number of carbonyl (C=O) groups is 1. The molecule has 1 amide bonds. The quantitative estimate of drug-likeness (QED) is 0.296. The summed E-state index contributed by atoms with van der Waals surface area (Å²) in [7, 11) is 1.80. The van der Waals surface area contributed by atoms with Crippen molar-refractivity contribution in [3.8, 4) is 34.1 Å². The van der Waals surface area contributed by atoms with E-state index in [0.717, 1.165) is 11.3 Å². The molecule has 0 radical (unpaired) electrons. The maximum Gasteiger partial charge on any atom is 0.254 e. The number of rotatable bonds is 5. The monoisotopic (exact) mass is 617 g/mol. The number of fused-ring (bicyclic) bond motifs is 4. The molecule has 5 aromatic rings. The Hall–Kier alpha value is -4.91. The Labute approximate surface area is 256 Å². The zero-order chi connectivity index (χ0) is 31.0. The van der Waals surface area contributed by atoms with E-state index in [-0.39, 0.29) is 39.7 Å². The van der Waals surface area contributed by atoms with E-state index in [1.807, 2.05) is 26.0 Å². The van der Waals surface area contributed by atoms with Gasteiger partial charge in [-0.1, -0.05) is 35.3 Å². The molecule has 0 saturated carbocycles. The molecule has 4 aromatic heterocycles. The van der Waals surface area contributed by atoms with Crippen LogP contribution in [0.3, 0.4) is 0 Å². The highest BCUT2D eigenvalue weighted by Gasteiger charge is 2.25. The summed E-state index contributed by atoms with van der Waals surface area (Å²) in [5.74, 6) is -0.855. The van der Waals surface area contributed by atoms with Gasteiger partial charge in [0.15, 0.2) is 5.82 Å². The van der Waals surface area contributed by atoms with Crippen LogP contribution in [-0.2, 0) is 11.8 Å². The summed E-state index contributed by atoms with van der Waals surface area (Å²) < 4.78 is 25.5. The molecule has 0 saturated heterocycles. The Balaban J connectivity index is 1.44. The van der Waals surface area contributed by atoms with E-state index >= 15 is 4.39 Å². The molecule has 226 valence electrons. The Morgan fingerprint density at radius 2 is 2.00 bits per heavy atom. The standard InChI is InChI=1S/C30H29ClFN9O3/c1-4-44-25-15-41(38-37-25)24-9-8-19(31)28(32)27(24)21-13-26(42)40(16-34-21)23-7-5-6-17(2)30(43)36-22-14-35-39(3)29(22)18-10-11-33-20(23)12-18/h8-17,23H,4-7H2,1-3H3,(H,36,43). The highest BCUT2D eigenvalue weighted by molar-refractivity contribution is 6.31. The molecule has 2 bridgehead atoms. The van der Waals surface area contributed by atoms with Crippen molar-refractivity contribution in [1.29, 1.82) is 0 Å². The number of pyridine rings is 1. The zero-order valence-corrected chi connectivity index (χ0v) is 25.0. The van der Waals surface area contributed by atoms with Gasteiger partial charge in [-0.05, 0) is 44.0 Å². The number of hydrogen-bond donors (Lipinski definition) is 1. The second-order valence-corrected chi connectivity index (χ2v) is 11.0. The molecule has 1 aliphatic rings. The number of anilines is 1. The van der Waals surface area contributed by atoms with E-state index in [1.165, 1.54) is 33.9 Å². The first kappa shape index (κ1) is 29.2. The van der Waals surface area contributed by atoms with Gasteiger partial charge in [0, 0.05) is 30.8 Å². The molecule has 2 unspecified atom stereocenters. The molecule has 0 aliphatic carbocycles. The number of carbonyl (C=O) groups excluding carboxylic acids is 1. The third-order valence-electron chi connectivity index (χ3n) is 7.67. The summed E-state index contributed by atoms with van der Waals surface area (Å²) in [6.07, 6.45) is 7.94. The molecule has 1 aliphatic heterocycles. The number of halogens is 2. The molecule has 44 heavy (non-hydrogen) atoms. The maximum absolute atomic E-state index is 15.5. The molecule has 5 heterocycles. The Morgan fingerprint density at radius 1 is 1.16 bits per heavy atom. The van der Waals surface area contributed by atoms with Crippen molar-refractivity contribution in [2.24, 2.45) is 13.0 Å². The fourth-order valence-corrected chi connectivity index (χ4v) is 5.58. The first-order chi connectivity index (χ1) is 21.2. The fraction of sp³-hybridized carbons (Fsp3) is 0.300. The van der Waals surface area contributed by atoms with Gasteiger partial charge in [-0.25, -0.2) is 14.1 Å². The van der Waals surface area contributed by atoms with Crippen molar-refractivity contribution in [1.82, 2.24) is 39.3 Å². The van der Waals surface area contributed by atoms with Gasteiger partial charge in [-0.2, -0.15) is 5.10 Å². The van der Waals surface area contributed by atoms with Crippen LogP contribution in [0.15, 0.2) is 60.0 Å². The van der Waals surface area contributed by atoms with Gasteiger partial charge in [0.25, 0.3) is 11.4 Å². The van der Waals surface area contributed by atoms with Crippen LogP contribution < -0.4 is 15.6 Å². The molecule has 0 spiro atoms. The Morgan fingerprint density at radius 3 is 2.80 bits per heavy atom. The zero-order valence-electron chi connectivity index (χ0n) is 24.2. The average molecular weight is 618 g/mol. The van der Waals surface area contributed by atoms with Crippen molar-refractivity contribution in [2.75, 3.05) is 11.9 Å². The summed E-state index contributed by atoms with van der Waals surface area (Å²) >= 11 is 6.16. The third-order valence-corrected chi connectivity index (χ3v) is 7.96. The summed E-state index contributed by atoms with van der Waals surface area (Å²) in [4.78, 5) is 35.8. The van der Waals surface area contributed by atoms with E-state index in [1.54, 1.807) is 30.2 Å². The minimum atomic E-state index is -0.748. The molecule has 2 atom stereocenters. The number of aryl methyl sites for hydroxylation is 1. The van der Waals surface area contributed by atoms with Crippen LogP contribution in [-0.4, -0.2) is 51.8 Å². The number of hydrogen-bond acceptors (Lipinski definition) is 8. The topological polar surface area (TPSA) is 135 Å². The van der Waals surface area contributed by atoms with Gasteiger partial charge in [0.1, 0.15) is 0 Å². The minimum absolute atomic E-state index is 0.00270. The van der Waals surface area contributed by atoms with E-state index in [9.17, 15) is 9.59 Å². The number of aromatic nitrogens is 8. The van der Waals surface area contributed by atoms with Crippen molar-refractivity contribution >= 4 is 23.2 Å². The van der Waals surface area contributed by atoms with Gasteiger partial charge in [0.2, 0.25) is 5.91 Å². The lowest BCUT2D eigenvalue weighted by atomic mass is 9.97. The summed E-state index contributed by atoms with van der Waals surface area (Å²) in [5.41, 5.74) is 2.70. The molecular formula is C30H29ClFN9O3. The second-order valence-electron chi connectivity index (χ2n) is 10.5. The average Bonchev–Trinajstić information content (AvgIpc) is 3.62. The Bertz CT molecular complexity index is 1920. The summed E-state index contributed by atoms with van der Waals surface area (Å²) in [5, 5.41) is 15.2. The van der Waals surface area contributed by atoms with Crippen LogP contribution in [0.1, 0.15) is 44.8 Å². The number of amides is 1. The van der Waals surface area contributed by atoms with Crippen LogP contribution in [0.4, 0.5) is 10.1 Å². The highest BCUT2D eigenvalue weighted by Crippen LogP contribution is 2.34. The van der Waals surface area contributed by atoms with Crippen molar-refractivity contribution in [3.63, 3.8) is 0 Å². The normalized spacial score (nSPS) is 16.9. The smallest absolute Gasteiger partial charge is 0.254 e. The molecule has 0 fully saturated rings. The number of ether oxygens (including phenoxy) is 1. The molecule has 6 rings (SSSR count). The van der Waals surface area contributed by atoms with Gasteiger partial charge in [-0.15, -0.1) is 0 Å². The van der Waals surface area contributed by atoms with Crippen LogP contribution in [0, 0.1) is 11.7 Å². The molecule has 1 aromatic carbocycles. The number of benzene rings is 1. The van der Waals surface area contributed by atoms with Gasteiger partial charge < -0.3 is 10.1 Å². The molecular weight excluding hydrogens is 589 g/mol. The van der Waals surface area contributed by atoms with E-state index in [0.29, 0.717) is 37.3 Å². The predicted octanol–water partition coefficient (Wildman–Crippen LogP) is 4.83. The van der Waals surface area contributed by atoms with Crippen LogP contribution in [0.25, 0.3) is 28.2 Å². The van der Waals surface area contributed by atoms with E-state index < -0.39 is 17.4 Å². The van der Waals surface area contributed by atoms with Crippen LogP contribution in [0.2, 0.25) is 5.02 Å². The molecule has 1 N–H and O–H groups in total. The lowest BCUT2D eigenvalue weighted by Crippen LogP contribution is -2.27. The van der Waals surface area contributed by atoms with Crippen molar-refractivity contribution < 1.29 is 13.9 Å².